The molecular weight excluding hydrogens is 200 g/mol. The number of nitrogens with two attached hydrogens (primary N) is 1. The number of rotatable bonds is 7. The molecule has 0 aliphatic carbocycles. The van der Waals surface area contributed by atoms with Crippen LogP contribution in [0.3, 0.4) is 0 Å². The zero-order chi connectivity index (χ0) is 11.6. The van der Waals surface area contributed by atoms with Gasteiger partial charge in [0, 0.05) is 6.61 Å². The summed E-state index contributed by atoms with van der Waals surface area (Å²) in [6.07, 6.45) is 3.26. The van der Waals surface area contributed by atoms with Crippen molar-refractivity contribution in [2.75, 3.05) is 13.2 Å². The summed E-state index contributed by atoms with van der Waals surface area (Å²) in [7, 11) is 0. The quantitative estimate of drug-likeness (QED) is 0.714. The van der Waals surface area contributed by atoms with Crippen LogP contribution in [-0.4, -0.2) is 13.2 Å². The Labute approximate surface area is 96.8 Å². The Morgan fingerprint density at radius 3 is 2.50 bits per heavy atom. The fourth-order valence-corrected chi connectivity index (χ4v) is 1.39. The number of unbranched alkanes of at least 4 members (excludes halogenated alkanes) is 2. The smallest absolute Gasteiger partial charge is 0.0991 e. The lowest BCUT2D eigenvalue weighted by molar-refractivity contribution is 0.117. The molecule has 0 saturated carbocycles. The highest BCUT2D eigenvalue weighted by molar-refractivity contribution is 5.31. The highest BCUT2D eigenvalue weighted by Crippen LogP contribution is 2.05. The van der Waals surface area contributed by atoms with Gasteiger partial charge in [-0.2, -0.15) is 5.26 Å². The number of nitrogens with zero attached hydrogens (tertiary/aromatic N) is 1. The van der Waals surface area contributed by atoms with Gasteiger partial charge in [0.05, 0.1) is 18.2 Å². The second-order valence-corrected chi connectivity index (χ2v) is 3.71. The van der Waals surface area contributed by atoms with E-state index in [0.29, 0.717) is 12.2 Å². The molecular formula is C13H18N2O. The third kappa shape index (κ3) is 4.92. The van der Waals surface area contributed by atoms with Crippen molar-refractivity contribution in [1.82, 2.24) is 0 Å². The number of ether oxygens (including phenoxy) is 1. The van der Waals surface area contributed by atoms with Crippen LogP contribution in [0.4, 0.5) is 0 Å². The van der Waals surface area contributed by atoms with Gasteiger partial charge >= 0.3 is 0 Å². The predicted molar refractivity (Wildman–Crippen MR) is 63.7 cm³/mol. The van der Waals surface area contributed by atoms with E-state index in [0.717, 1.165) is 38.0 Å². The van der Waals surface area contributed by atoms with Crippen molar-refractivity contribution >= 4 is 0 Å². The molecule has 1 aromatic rings. The lowest BCUT2D eigenvalue weighted by Gasteiger charge is -2.04. The third-order valence-corrected chi connectivity index (χ3v) is 2.34. The van der Waals surface area contributed by atoms with Gasteiger partial charge in [-0.25, -0.2) is 0 Å². The molecule has 2 N–H and O–H groups in total. The molecule has 3 heteroatoms. The van der Waals surface area contributed by atoms with E-state index in [1.165, 1.54) is 0 Å². The fourth-order valence-electron chi connectivity index (χ4n) is 1.39. The molecule has 0 fully saturated rings. The minimum Gasteiger partial charge on any atom is -0.377 e. The summed E-state index contributed by atoms with van der Waals surface area (Å²) in [6.45, 7) is 2.16. The van der Waals surface area contributed by atoms with Crippen molar-refractivity contribution in [2.45, 2.75) is 25.9 Å². The average Bonchev–Trinajstić information content (AvgIpc) is 2.34. The zero-order valence-corrected chi connectivity index (χ0v) is 9.48. The van der Waals surface area contributed by atoms with Gasteiger partial charge in [0.25, 0.3) is 0 Å². The van der Waals surface area contributed by atoms with Crippen LogP contribution < -0.4 is 5.73 Å². The standard InChI is InChI=1S/C13H18N2O/c14-8-2-1-3-9-16-11-13-6-4-12(10-15)5-7-13/h4-7H,1-3,8-9,11,14H2. The lowest BCUT2D eigenvalue weighted by Crippen LogP contribution is -2.00. The molecule has 0 aliphatic heterocycles. The maximum Gasteiger partial charge on any atom is 0.0991 e. The molecule has 1 aromatic carbocycles. The molecule has 0 spiro atoms. The summed E-state index contributed by atoms with van der Waals surface area (Å²) in [4.78, 5) is 0. The van der Waals surface area contributed by atoms with Gasteiger partial charge < -0.3 is 10.5 Å². The molecule has 0 radical (unpaired) electrons. The Hall–Kier alpha value is -1.37. The van der Waals surface area contributed by atoms with E-state index >= 15 is 0 Å². The molecule has 86 valence electrons. The van der Waals surface area contributed by atoms with Crippen molar-refractivity contribution in [3.8, 4) is 6.07 Å². The monoisotopic (exact) mass is 218 g/mol. The van der Waals surface area contributed by atoms with Gasteiger partial charge in [-0.3, -0.25) is 0 Å². The van der Waals surface area contributed by atoms with E-state index in [4.69, 9.17) is 15.7 Å². The molecule has 0 aliphatic rings. The summed E-state index contributed by atoms with van der Waals surface area (Å²) in [5.41, 5.74) is 7.19. The first kappa shape index (κ1) is 12.7. The molecule has 0 bridgehead atoms. The molecule has 0 unspecified atom stereocenters. The first-order valence-electron chi connectivity index (χ1n) is 5.63. The first-order chi connectivity index (χ1) is 7.86. The van der Waals surface area contributed by atoms with Gasteiger partial charge in [0.1, 0.15) is 0 Å². The molecule has 0 heterocycles. The Balaban J connectivity index is 2.15. The van der Waals surface area contributed by atoms with Crippen molar-refractivity contribution < 1.29 is 4.74 Å². The van der Waals surface area contributed by atoms with E-state index in [-0.39, 0.29) is 0 Å². The normalized spacial score (nSPS) is 10.0. The minimum absolute atomic E-state index is 0.619. The van der Waals surface area contributed by atoms with Crippen molar-refractivity contribution in [2.24, 2.45) is 5.73 Å². The van der Waals surface area contributed by atoms with Gasteiger partial charge in [0.15, 0.2) is 0 Å². The number of benzene rings is 1. The Bertz CT molecular complexity index is 327. The van der Waals surface area contributed by atoms with Crippen LogP contribution in [0.5, 0.6) is 0 Å². The van der Waals surface area contributed by atoms with E-state index in [1.807, 2.05) is 24.3 Å². The molecule has 0 amide bonds. The highest BCUT2D eigenvalue weighted by atomic mass is 16.5. The summed E-state index contributed by atoms with van der Waals surface area (Å²) in [6, 6.07) is 9.58. The molecule has 0 aromatic heterocycles. The molecule has 0 atom stereocenters. The Kier molecular flexibility index (Phi) is 6.24. The van der Waals surface area contributed by atoms with Crippen molar-refractivity contribution in [1.29, 1.82) is 5.26 Å². The van der Waals surface area contributed by atoms with Crippen molar-refractivity contribution in [3.05, 3.63) is 35.4 Å². The molecule has 16 heavy (non-hydrogen) atoms. The van der Waals surface area contributed by atoms with Crippen LogP contribution in [0.25, 0.3) is 0 Å². The van der Waals surface area contributed by atoms with Crippen LogP contribution in [-0.2, 0) is 11.3 Å². The third-order valence-electron chi connectivity index (χ3n) is 2.34. The van der Waals surface area contributed by atoms with Gasteiger partial charge in [0.2, 0.25) is 0 Å². The van der Waals surface area contributed by atoms with Crippen LogP contribution in [0.1, 0.15) is 30.4 Å². The zero-order valence-electron chi connectivity index (χ0n) is 9.48. The Morgan fingerprint density at radius 1 is 1.12 bits per heavy atom. The van der Waals surface area contributed by atoms with Gasteiger partial charge in [-0.05, 0) is 43.5 Å². The SMILES string of the molecule is N#Cc1ccc(COCCCCCN)cc1. The van der Waals surface area contributed by atoms with Crippen LogP contribution >= 0.6 is 0 Å². The number of nitriles is 1. The number of hydrogen-bond donors (Lipinski definition) is 1. The molecule has 3 nitrogen and oxygen atoms in total. The second kappa shape index (κ2) is 7.86. The van der Waals surface area contributed by atoms with E-state index in [9.17, 15) is 0 Å². The highest BCUT2D eigenvalue weighted by Gasteiger charge is 1.94. The van der Waals surface area contributed by atoms with Crippen LogP contribution in [0.2, 0.25) is 0 Å². The van der Waals surface area contributed by atoms with Gasteiger partial charge in [-0.15, -0.1) is 0 Å². The van der Waals surface area contributed by atoms with Crippen LogP contribution in [0, 0.1) is 11.3 Å². The second-order valence-electron chi connectivity index (χ2n) is 3.71. The summed E-state index contributed by atoms with van der Waals surface area (Å²) >= 11 is 0. The van der Waals surface area contributed by atoms with Crippen LogP contribution in [0.15, 0.2) is 24.3 Å². The average molecular weight is 218 g/mol. The molecule has 0 saturated heterocycles. The van der Waals surface area contributed by atoms with E-state index in [2.05, 4.69) is 6.07 Å². The van der Waals surface area contributed by atoms with Crippen molar-refractivity contribution in [3.63, 3.8) is 0 Å². The van der Waals surface area contributed by atoms with E-state index in [1.54, 1.807) is 0 Å². The van der Waals surface area contributed by atoms with E-state index < -0.39 is 0 Å². The largest absolute Gasteiger partial charge is 0.377 e. The topological polar surface area (TPSA) is 59.0 Å². The minimum atomic E-state index is 0.619. The summed E-state index contributed by atoms with van der Waals surface area (Å²) in [5.74, 6) is 0. The lowest BCUT2D eigenvalue weighted by atomic mass is 10.2. The number of hydrogen-bond acceptors (Lipinski definition) is 3. The first-order valence-corrected chi connectivity index (χ1v) is 5.63. The maximum atomic E-state index is 8.63. The summed E-state index contributed by atoms with van der Waals surface area (Å²) in [5, 5.41) is 8.63. The van der Waals surface area contributed by atoms with Gasteiger partial charge in [-0.1, -0.05) is 12.1 Å². The maximum absolute atomic E-state index is 8.63. The summed E-state index contributed by atoms with van der Waals surface area (Å²) < 4.78 is 5.52. The predicted octanol–water partition coefficient (Wildman–Crippen LogP) is 2.20. The Morgan fingerprint density at radius 2 is 1.88 bits per heavy atom. The molecule has 1 rings (SSSR count). The fraction of sp³-hybridized carbons (Fsp3) is 0.462.